The third-order valence-corrected chi connectivity index (χ3v) is 4.01. The molecule has 0 radical (unpaired) electrons. The highest BCUT2D eigenvalue weighted by atomic mass is 79.9. The second-order valence-corrected chi connectivity index (χ2v) is 5.57. The summed E-state index contributed by atoms with van der Waals surface area (Å²) in [6.07, 6.45) is 0. The average Bonchev–Trinajstić information content (AvgIpc) is 2.73. The van der Waals surface area contributed by atoms with Gasteiger partial charge in [0.05, 0.1) is 5.69 Å². The number of alkyl halides is 1. The standard InChI is InChI=1S/C16H16BrN3O/c1-10-7-8-12-5-4-6-14(15(12)18-10)21-16-13(9-17)11(2)19-20(16)3/h4-8H,9H2,1-3H3. The Morgan fingerprint density at radius 1 is 1.19 bits per heavy atom. The van der Waals surface area contributed by atoms with Gasteiger partial charge in [0.15, 0.2) is 5.75 Å². The predicted octanol–water partition coefficient (Wildman–Crippen LogP) is 4.27. The molecule has 0 aliphatic carbocycles. The van der Waals surface area contributed by atoms with Gasteiger partial charge in [-0.2, -0.15) is 5.10 Å². The molecule has 1 aromatic carbocycles. The Morgan fingerprint density at radius 3 is 2.76 bits per heavy atom. The lowest BCUT2D eigenvalue weighted by Crippen LogP contribution is -1.97. The van der Waals surface area contributed by atoms with Gasteiger partial charge in [-0.3, -0.25) is 0 Å². The molecule has 0 saturated carbocycles. The van der Waals surface area contributed by atoms with E-state index in [0.29, 0.717) is 5.33 Å². The van der Waals surface area contributed by atoms with Crippen molar-refractivity contribution >= 4 is 26.8 Å². The molecule has 0 bridgehead atoms. The molecule has 5 heteroatoms. The fourth-order valence-corrected chi connectivity index (χ4v) is 3.01. The molecule has 0 saturated heterocycles. The molecule has 3 aromatic rings. The van der Waals surface area contributed by atoms with E-state index >= 15 is 0 Å². The van der Waals surface area contributed by atoms with E-state index in [1.54, 1.807) is 4.68 Å². The number of nitrogens with zero attached hydrogens (tertiary/aromatic N) is 3. The monoisotopic (exact) mass is 345 g/mol. The second kappa shape index (κ2) is 5.48. The molecule has 0 aliphatic rings. The summed E-state index contributed by atoms with van der Waals surface area (Å²) in [4.78, 5) is 4.60. The van der Waals surface area contributed by atoms with Crippen LogP contribution in [0, 0.1) is 13.8 Å². The molecule has 4 nitrogen and oxygen atoms in total. The summed E-state index contributed by atoms with van der Waals surface area (Å²) in [6.45, 7) is 3.96. The van der Waals surface area contributed by atoms with Crippen LogP contribution >= 0.6 is 15.9 Å². The number of benzene rings is 1. The molecule has 21 heavy (non-hydrogen) atoms. The molecule has 0 amide bonds. The van der Waals surface area contributed by atoms with Crippen LogP contribution in [0.3, 0.4) is 0 Å². The average molecular weight is 346 g/mol. The van der Waals surface area contributed by atoms with Crippen LogP contribution in [0.2, 0.25) is 0 Å². The van der Waals surface area contributed by atoms with Gasteiger partial charge in [-0.25, -0.2) is 9.67 Å². The molecule has 0 unspecified atom stereocenters. The minimum absolute atomic E-state index is 0.708. The maximum Gasteiger partial charge on any atom is 0.222 e. The van der Waals surface area contributed by atoms with Crippen molar-refractivity contribution < 1.29 is 4.74 Å². The molecule has 0 atom stereocenters. The maximum absolute atomic E-state index is 6.13. The largest absolute Gasteiger partial charge is 0.437 e. The molecular weight excluding hydrogens is 330 g/mol. The summed E-state index contributed by atoms with van der Waals surface area (Å²) in [5.41, 5.74) is 3.87. The first kappa shape index (κ1) is 14.1. The Hall–Kier alpha value is -1.88. The van der Waals surface area contributed by atoms with E-state index in [0.717, 1.165) is 39.5 Å². The van der Waals surface area contributed by atoms with Crippen molar-refractivity contribution in [3.63, 3.8) is 0 Å². The van der Waals surface area contributed by atoms with Crippen molar-refractivity contribution in [3.8, 4) is 11.6 Å². The van der Waals surface area contributed by atoms with Crippen LogP contribution in [-0.4, -0.2) is 14.8 Å². The zero-order valence-corrected chi connectivity index (χ0v) is 13.8. The zero-order chi connectivity index (χ0) is 15.0. The van der Waals surface area contributed by atoms with Crippen LogP contribution in [-0.2, 0) is 12.4 Å². The van der Waals surface area contributed by atoms with Crippen molar-refractivity contribution in [3.05, 3.63) is 47.3 Å². The fourth-order valence-electron chi connectivity index (χ4n) is 2.37. The lowest BCUT2D eigenvalue weighted by Gasteiger charge is -2.10. The highest BCUT2D eigenvalue weighted by Crippen LogP contribution is 2.32. The van der Waals surface area contributed by atoms with Crippen LogP contribution in [0.4, 0.5) is 0 Å². The Labute approximate surface area is 131 Å². The van der Waals surface area contributed by atoms with Crippen LogP contribution in [0.25, 0.3) is 10.9 Å². The first-order valence-corrected chi connectivity index (χ1v) is 7.85. The van der Waals surface area contributed by atoms with Gasteiger partial charge in [-0.1, -0.05) is 34.1 Å². The lowest BCUT2D eigenvalue weighted by atomic mass is 10.2. The number of pyridine rings is 1. The Morgan fingerprint density at radius 2 is 2.00 bits per heavy atom. The zero-order valence-electron chi connectivity index (χ0n) is 12.2. The quantitative estimate of drug-likeness (QED) is 0.665. The summed E-state index contributed by atoms with van der Waals surface area (Å²) in [5, 5.41) is 6.19. The third-order valence-electron chi connectivity index (χ3n) is 3.45. The Balaban J connectivity index is 2.12. The fraction of sp³-hybridized carbons (Fsp3) is 0.250. The van der Waals surface area contributed by atoms with Crippen molar-refractivity contribution in [1.29, 1.82) is 0 Å². The van der Waals surface area contributed by atoms with Gasteiger partial charge in [0.2, 0.25) is 5.88 Å². The molecule has 2 heterocycles. The Bertz CT molecular complexity index is 811. The van der Waals surface area contributed by atoms with E-state index < -0.39 is 0 Å². The summed E-state index contributed by atoms with van der Waals surface area (Å²) < 4.78 is 7.89. The number of fused-ring (bicyclic) bond motifs is 1. The molecule has 2 aromatic heterocycles. The van der Waals surface area contributed by atoms with Gasteiger partial charge in [-0.15, -0.1) is 0 Å². The van der Waals surface area contributed by atoms with E-state index in [-0.39, 0.29) is 0 Å². The molecule has 0 spiro atoms. The number of ether oxygens (including phenoxy) is 1. The Kier molecular flexibility index (Phi) is 3.68. The predicted molar refractivity (Wildman–Crippen MR) is 87.1 cm³/mol. The maximum atomic E-state index is 6.13. The molecule has 0 fully saturated rings. The molecular formula is C16H16BrN3O. The molecule has 108 valence electrons. The minimum atomic E-state index is 0.708. The lowest BCUT2D eigenvalue weighted by molar-refractivity contribution is 0.431. The first-order chi connectivity index (χ1) is 10.1. The summed E-state index contributed by atoms with van der Waals surface area (Å²) in [7, 11) is 1.89. The van der Waals surface area contributed by atoms with E-state index in [2.05, 4.69) is 32.1 Å². The number of aromatic nitrogens is 3. The van der Waals surface area contributed by atoms with E-state index in [1.807, 2.05) is 45.2 Å². The van der Waals surface area contributed by atoms with Crippen LogP contribution in [0.15, 0.2) is 30.3 Å². The van der Waals surface area contributed by atoms with Crippen molar-refractivity contribution in [1.82, 2.24) is 14.8 Å². The molecule has 0 aliphatic heterocycles. The van der Waals surface area contributed by atoms with Gasteiger partial charge in [0.25, 0.3) is 0 Å². The van der Waals surface area contributed by atoms with Gasteiger partial charge in [0.1, 0.15) is 5.52 Å². The van der Waals surface area contributed by atoms with Gasteiger partial charge >= 0.3 is 0 Å². The highest BCUT2D eigenvalue weighted by Gasteiger charge is 2.15. The summed E-state index contributed by atoms with van der Waals surface area (Å²) in [5.74, 6) is 1.50. The first-order valence-electron chi connectivity index (χ1n) is 6.73. The van der Waals surface area contributed by atoms with Gasteiger partial charge in [0, 0.05) is 29.0 Å². The smallest absolute Gasteiger partial charge is 0.222 e. The summed E-state index contributed by atoms with van der Waals surface area (Å²) >= 11 is 3.50. The highest BCUT2D eigenvalue weighted by molar-refractivity contribution is 9.08. The SMILES string of the molecule is Cc1ccc2cccc(Oc3c(CBr)c(C)nn3C)c2n1. The van der Waals surface area contributed by atoms with E-state index in [4.69, 9.17) is 4.74 Å². The van der Waals surface area contributed by atoms with Crippen LogP contribution in [0.5, 0.6) is 11.6 Å². The van der Waals surface area contributed by atoms with Crippen LogP contribution < -0.4 is 4.74 Å². The third kappa shape index (κ3) is 2.53. The van der Waals surface area contributed by atoms with Gasteiger partial charge < -0.3 is 4.74 Å². The van der Waals surface area contributed by atoms with E-state index in [9.17, 15) is 0 Å². The number of aryl methyl sites for hydroxylation is 3. The summed E-state index contributed by atoms with van der Waals surface area (Å²) in [6, 6.07) is 10.0. The van der Waals surface area contributed by atoms with Crippen molar-refractivity contribution in [2.75, 3.05) is 0 Å². The van der Waals surface area contributed by atoms with Crippen molar-refractivity contribution in [2.24, 2.45) is 7.05 Å². The minimum Gasteiger partial charge on any atom is -0.437 e. The topological polar surface area (TPSA) is 39.9 Å². The van der Waals surface area contributed by atoms with E-state index in [1.165, 1.54) is 0 Å². The normalized spacial score (nSPS) is 11.0. The molecule has 0 N–H and O–H groups in total. The van der Waals surface area contributed by atoms with Gasteiger partial charge in [-0.05, 0) is 26.0 Å². The number of rotatable bonds is 3. The molecule has 3 rings (SSSR count). The number of hydrogen-bond donors (Lipinski definition) is 0. The number of hydrogen-bond acceptors (Lipinski definition) is 3. The number of para-hydroxylation sites is 1. The number of halogens is 1. The van der Waals surface area contributed by atoms with Crippen LogP contribution in [0.1, 0.15) is 17.0 Å². The van der Waals surface area contributed by atoms with Crippen molar-refractivity contribution in [2.45, 2.75) is 19.2 Å². The second-order valence-electron chi connectivity index (χ2n) is 5.01.